The Labute approximate surface area is 322 Å². The Morgan fingerprint density at radius 3 is 1.87 bits per heavy atom. The van der Waals surface area contributed by atoms with E-state index in [1.807, 2.05) is 38.1 Å². The Kier molecular flexibility index (Phi) is 18.8. The van der Waals surface area contributed by atoms with Crippen LogP contribution in [0.2, 0.25) is 0 Å². The molecule has 6 atom stereocenters. The summed E-state index contributed by atoms with van der Waals surface area (Å²) in [5.74, 6) is -6.25. The molecule has 2 aromatic rings. The minimum Gasteiger partial charge on any atom is -0.480 e. The highest BCUT2D eigenvalue weighted by atomic mass is 16.4. The van der Waals surface area contributed by atoms with Gasteiger partial charge in [-0.2, -0.15) is 0 Å². The fraction of sp³-hybridized carbons (Fsp3) is 0.605. The van der Waals surface area contributed by atoms with Crippen molar-refractivity contribution in [3.8, 4) is 0 Å². The van der Waals surface area contributed by atoms with Crippen LogP contribution in [0.4, 0.5) is 0 Å². The molecule has 13 N–H and O–H groups in total. The van der Waals surface area contributed by atoms with Crippen LogP contribution < -0.4 is 43.8 Å². The number of aromatic amines is 1. The van der Waals surface area contributed by atoms with Crippen molar-refractivity contribution in [1.82, 2.24) is 31.6 Å². The van der Waals surface area contributed by atoms with Crippen LogP contribution >= 0.6 is 0 Å². The summed E-state index contributed by atoms with van der Waals surface area (Å²) in [6, 6.07) is 0.295. The lowest BCUT2D eigenvalue weighted by Gasteiger charge is -2.28. The SMILES string of the molecule is CC(C)C[C@H](NC(=O)[C@@H](N)C(C)C)C(=O)N[C@@H](CCC(N)=O)C(=O)N[C@@H](Cc1c[nH]c2ccccc12)C(=O)N[C@H](C(=O)N[C@@H](CCCCN)C(=O)O)C(C)C. The van der Waals surface area contributed by atoms with E-state index in [2.05, 4.69) is 31.6 Å². The van der Waals surface area contributed by atoms with Crippen molar-refractivity contribution in [2.75, 3.05) is 6.54 Å². The van der Waals surface area contributed by atoms with E-state index in [1.165, 1.54) is 0 Å². The van der Waals surface area contributed by atoms with Gasteiger partial charge in [0, 0.05) is 29.9 Å². The van der Waals surface area contributed by atoms with E-state index in [-0.39, 0.29) is 43.9 Å². The van der Waals surface area contributed by atoms with Gasteiger partial charge in [-0.25, -0.2) is 4.79 Å². The molecule has 306 valence electrons. The molecule has 17 nitrogen and oxygen atoms in total. The van der Waals surface area contributed by atoms with Crippen LogP contribution in [0.25, 0.3) is 10.9 Å². The van der Waals surface area contributed by atoms with Crippen molar-refractivity contribution in [3.05, 3.63) is 36.0 Å². The highest BCUT2D eigenvalue weighted by Crippen LogP contribution is 2.20. The van der Waals surface area contributed by atoms with E-state index < -0.39 is 83.6 Å². The molecule has 55 heavy (non-hydrogen) atoms. The van der Waals surface area contributed by atoms with E-state index in [0.717, 1.165) is 10.9 Å². The Morgan fingerprint density at radius 1 is 0.709 bits per heavy atom. The van der Waals surface area contributed by atoms with Crippen molar-refractivity contribution in [3.63, 3.8) is 0 Å². The van der Waals surface area contributed by atoms with Gasteiger partial charge in [-0.05, 0) is 68.0 Å². The number of amides is 6. The first-order valence-corrected chi connectivity index (χ1v) is 18.9. The number of carboxylic acids is 1. The summed E-state index contributed by atoms with van der Waals surface area (Å²) in [5.41, 5.74) is 18.4. The number of hydrogen-bond acceptors (Lipinski definition) is 9. The number of benzene rings is 1. The summed E-state index contributed by atoms with van der Waals surface area (Å²) in [6.45, 7) is 11.0. The van der Waals surface area contributed by atoms with Gasteiger partial charge in [0.25, 0.3) is 0 Å². The van der Waals surface area contributed by atoms with Crippen LogP contribution in [0.5, 0.6) is 0 Å². The number of hydrogen-bond donors (Lipinski definition) is 10. The summed E-state index contributed by atoms with van der Waals surface area (Å²) in [5, 5.41) is 23.7. The largest absolute Gasteiger partial charge is 0.480 e. The Bertz CT molecular complexity index is 1630. The second-order valence-electron chi connectivity index (χ2n) is 15.1. The molecule has 0 spiro atoms. The lowest BCUT2D eigenvalue weighted by molar-refractivity contribution is -0.143. The maximum Gasteiger partial charge on any atom is 0.326 e. The first-order valence-electron chi connectivity index (χ1n) is 18.9. The molecule has 0 saturated carbocycles. The van der Waals surface area contributed by atoms with Crippen molar-refractivity contribution in [2.24, 2.45) is 35.0 Å². The first-order chi connectivity index (χ1) is 25.9. The summed E-state index contributed by atoms with van der Waals surface area (Å²) in [4.78, 5) is 95.0. The zero-order valence-corrected chi connectivity index (χ0v) is 32.8. The molecular formula is C38H61N9O8. The van der Waals surface area contributed by atoms with Crippen LogP contribution in [0, 0.1) is 17.8 Å². The zero-order chi connectivity index (χ0) is 41.4. The monoisotopic (exact) mass is 771 g/mol. The van der Waals surface area contributed by atoms with Crippen molar-refractivity contribution >= 4 is 52.3 Å². The molecule has 0 bridgehead atoms. The number of carboxylic acid groups (broad SMARTS) is 1. The standard InChI is InChI=1S/C38H61N9O8/c1-20(2)17-28(46-36(52)31(41)21(3)4)34(50)43-26(14-15-30(40)48)33(49)45-29(18-23-19-42-25-12-8-7-11-24(23)25)35(51)47-32(22(5)6)37(53)44-27(38(54)55)13-9-10-16-39/h7-8,11-12,19-22,26-29,31-32,42H,9-10,13-18,39,41H2,1-6H3,(H2,40,48)(H,43,50)(H,44,53)(H,45,49)(H,46,52)(H,47,51)(H,54,55)/t26-,27-,28-,29-,31-,32-/m0/s1. The number of fused-ring (bicyclic) bond motifs is 1. The van der Waals surface area contributed by atoms with Gasteiger partial charge in [0.2, 0.25) is 35.4 Å². The molecule has 0 radical (unpaired) electrons. The molecule has 0 fully saturated rings. The van der Waals surface area contributed by atoms with Crippen molar-refractivity contribution in [1.29, 1.82) is 0 Å². The number of aliphatic carboxylic acids is 1. The summed E-state index contributed by atoms with van der Waals surface area (Å²) < 4.78 is 0. The van der Waals surface area contributed by atoms with Gasteiger partial charge in [0.1, 0.15) is 30.2 Å². The third-order valence-corrected chi connectivity index (χ3v) is 9.21. The van der Waals surface area contributed by atoms with Gasteiger partial charge in [-0.1, -0.05) is 59.7 Å². The second kappa shape index (κ2) is 22.4. The molecule has 1 aromatic carbocycles. The van der Waals surface area contributed by atoms with Gasteiger partial charge in [-0.15, -0.1) is 0 Å². The molecule has 2 rings (SSSR count). The number of H-pyrrole nitrogens is 1. The summed E-state index contributed by atoms with van der Waals surface area (Å²) >= 11 is 0. The maximum atomic E-state index is 14.1. The van der Waals surface area contributed by atoms with Gasteiger partial charge in [0.15, 0.2) is 0 Å². The third-order valence-electron chi connectivity index (χ3n) is 9.21. The number of aromatic nitrogens is 1. The van der Waals surface area contributed by atoms with Crippen LogP contribution in [0.15, 0.2) is 30.5 Å². The van der Waals surface area contributed by atoms with Crippen LogP contribution in [-0.4, -0.2) is 94.3 Å². The molecule has 0 saturated heterocycles. The summed E-state index contributed by atoms with van der Waals surface area (Å²) in [6.07, 6.45) is 2.51. The number of carbonyl (C=O) groups excluding carboxylic acids is 6. The Hall–Kier alpha value is -5.03. The number of nitrogens with one attached hydrogen (secondary N) is 6. The second-order valence-corrected chi connectivity index (χ2v) is 15.1. The van der Waals surface area contributed by atoms with Crippen molar-refractivity contribution < 1.29 is 38.7 Å². The lowest BCUT2D eigenvalue weighted by atomic mass is 9.99. The van der Waals surface area contributed by atoms with Gasteiger partial charge >= 0.3 is 5.97 Å². The van der Waals surface area contributed by atoms with Gasteiger partial charge in [0.05, 0.1) is 6.04 Å². The van der Waals surface area contributed by atoms with Gasteiger partial charge < -0.3 is 53.9 Å². The van der Waals surface area contributed by atoms with E-state index in [1.54, 1.807) is 33.9 Å². The quantitative estimate of drug-likeness (QED) is 0.0651. The minimum absolute atomic E-state index is 0.0451. The minimum atomic E-state index is -1.36. The molecule has 1 aromatic heterocycles. The smallest absolute Gasteiger partial charge is 0.326 e. The average molecular weight is 772 g/mol. The number of rotatable bonds is 24. The number of carbonyl (C=O) groups is 7. The fourth-order valence-electron chi connectivity index (χ4n) is 5.90. The molecule has 6 amide bonds. The molecule has 0 aliphatic heterocycles. The summed E-state index contributed by atoms with van der Waals surface area (Å²) in [7, 11) is 0. The lowest BCUT2D eigenvalue weighted by Crippen LogP contribution is -2.60. The highest BCUT2D eigenvalue weighted by Gasteiger charge is 2.34. The first kappa shape index (κ1) is 46.1. The molecule has 0 aliphatic rings. The maximum absolute atomic E-state index is 14.1. The predicted molar refractivity (Wildman–Crippen MR) is 208 cm³/mol. The van der Waals surface area contributed by atoms with E-state index >= 15 is 0 Å². The van der Waals surface area contributed by atoms with E-state index in [0.29, 0.717) is 24.9 Å². The van der Waals surface area contributed by atoms with E-state index in [9.17, 15) is 38.7 Å². The number of unbranched alkanes of at least 4 members (excludes halogenated alkanes) is 1. The van der Waals surface area contributed by atoms with Crippen LogP contribution in [0.1, 0.15) is 85.6 Å². The average Bonchev–Trinajstić information content (AvgIpc) is 3.52. The molecular weight excluding hydrogens is 710 g/mol. The van der Waals surface area contributed by atoms with Gasteiger partial charge in [-0.3, -0.25) is 28.8 Å². The third kappa shape index (κ3) is 15.0. The number of nitrogens with two attached hydrogens (primary N) is 3. The number of primary amides is 1. The van der Waals surface area contributed by atoms with E-state index in [4.69, 9.17) is 17.2 Å². The topological polar surface area (TPSA) is 294 Å². The Morgan fingerprint density at radius 2 is 1.29 bits per heavy atom. The zero-order valence-electron chi connectivity index (χ0n) is 32.8. The predicted octanol–water partition coefficient (Wildman–Crippen LogP) is 0.299. The van der Waals surface area contributed by atoms with Crippen LogP contribution in [0.3, 0.4) is 0 Å². The fourth-order valence-corrected chi connectivity index (χ4v) is 5.90. The highest BCUT2D eigenvalue weighted by molar-refractivity contribution is 5.97. The molecule has 1 heterocycles. The normalized spacial score (nSPS) is 14.7. The Balaban J connectivity index is 2.45. The van der Waals surface area contributed by atoms with Crippen LogP contribution in [-0.2, 0) is 40.0 Å². The van der Waals surface area contributed by atoms with Crippen molar-refractivity contribution in [2.45, 2.75) is 123 Å². The number of para-hydroxylation sites is 1. The molecule has 0 unspecified atom stereocenters. The molecule has 17 heteroatoms. The molecule has 0 aliphatic carbocycles.